The third-order valence-corrected chi connectivity index (χ3v) is 13.9. The van der Waals surface area contributed by atoms with Gasteiger partial charge < -0.3 is 4.57 Å². The van der Waals surface area contributed by atoms with Crippen molar-refractivity contribution in [3.8, 4) is 50.2 Å². The minimum absolute atomic E-state index is 0.00935. The highest BCUT2D eigenvalue weighted by atomic mass is 15.0. The van der Waals surface area contributed by atoms with Crippen molar-refractivity contribution in [2.75, 3.05) is 0 Å². The number of nitrogens with zero attached hydrogens (tertiary/aromatic N) is 1. The van der Waals surface area contributed by atoms with Gasteiger partial charge in [-0.15, -0.1) is 0 Å². The Kier molecular flexibility index (Phi) is 7.95. The average molecular weight is 800 g/mol. The summed E-state index contributed by atoms with van der Waals surface area (Å²) in [5.74, 6) is 0.00935. The van der Waals surface area contributed by atoms with Gasteiger partial charge in [0.25, 0.3) is 0 Å². The van der Waals surface area contributed by atoms with Crippen LogP contribution in [0, 0.1) is 0 Å². The molecule has 63 heavy (non-hydrogen) atoms. The first-order chi connectivity index (χ1) is 31.3. The van der Waals surface area contributed by atoms with Gasteiger partial charge in [0.05, 0.1) is 16.4 Å². The highest BCUT2D eigenvalue weighted by Crippen LogP contribution is 2.63. The van der Waals surface area contributed by atoms with E-state index in [1.807, 2.05) is 0 Å². The quantitative estimate of drug-likeness (QED) is 0.158. The lowest BCUT2D eigenvalue weighted by atomic mass is 9.65. The van der Waals surface area contributed by atoms with E-state index in [1.54, 1.807) is 0 Å². The second-order valence-electron chi connectivity index (χ2n) is 17.1. The molecule has 1 unspecified atom stereocenters. The third-order valence-electron chi connectivity index (χ3n) is 13.9. The van der Waals surface area contributed by atoms with Crippen LogP contribution in [0.25, 0.3) is 72.0 Å². The molecule has 0 radical (unpaired) electrons. The predicted molar refractivity (Wildman–Crippen MR) is 262 cm³/mol. The van der Waals surface area contributed by atoms with Crippen molar-refractivity contribution in [2.24, 2.45) is 0 Å². The molecule has 10 aromatic carbocycles. The van der Waals surface area contributed by atoms with Crippen LogP contribution in [0.2, 0.25) is 0 Å². The standard InChI is InChI=1S/C62H41N/c1-5-18-41(19-6-1)42-20-17-21-45(38-42)59-51-34-32-43(44-33-37-58-55(40-44)50-29-14-16-31-57(50)63(58)48-26-11-4-12-27-48)39-54(51)52-35-36-53-49-28-13-15-30-56(49)62(61(53)60(52)59,46-22-7-2-8-23-46)47-24-9-3-10-25-47/h1-40,59H. The van der Waals surface area contributed by atoms with E-state index in [2.05, 4.69) is 247 Å². The maximum atomic E-state index is 2.48. The smallest absolute Gasteiger partial charge is 0.0716 e. The van der Waals surface area contributed by atoms with E-state index in [0.29, 0.717) is 0 Å². The molecule has 0 spiro atoms. The molecule has 0 aliphatic heterocycles. The van der Waals surface area contributed by atoms with E-state index in [0.717, 1.165) is 0 Å². The molecule has 294 valence electrons. The van der Waals surface area contributed by atoms with Crippen molar-refractivity contribution in [2.45, 2.75) is 11.3 Å². The summed E-state index contributed by atoms with van der Waals surface area (Å²) in [6.07, 6.45) is 0. The minimum Gasteiger partial charge on any atom is -0.309 e. The fourth-order valence-electron chi connectivity index (χ4n) is 11.4. The van der Waals surface area contributed by atoms with Gasteiger partial charge in [-0.05, 0) is 120 Å². The van der Waals surface area contributed by atoms with Crippen LogP contribution in [0.4, 0.5) is 0 Å². The molecule has 0 amide bonds. The van der Waals surface area contributed by atoms with E-state index in [-0.39, 0.29) is 5.92 Å². The summed E-state index contributed by atoms with van der Waals surface area (Å²) in [5, 5.41) is 2.52. The van der Waals surface area contributed by atoms with Gasteiger partial charge in [-0.25, -0.2) is 0 Å². The van der Waals surface area contributed by atoms with Gasteiger partial charge in [-0.2, -0.15) is 0 Å². The molecule has 11 aromatic rings. The first-order valence-electron chi connectivity index (χ1n) is 22.0. The summed E-state index contributed by atoms with van der Waals surface area (Å²) in [4.78, 5) is 0. The van der Waals surface area contributed by atoms with Crippen LogP contribution in [0.15, 0.2) is 243 Å². The molecule has 0 bridgehead atoms. The fraction of sp³-hybridized carbons (Fsp3) is 0.0323. The molecule has 1 heterocycles. The lowest BCUT2D eigenvalue weighted by Crippen LogP contribution is -2.30. The number of hydrogen-bond acceptors (Lipinski definition) is 0. The number of hydrogen-bond donors (Lipinski definition) is 0. The minimum atomic E-state index is -0.530. The number of rotatable bonds is 6. The molecule has 0 fully saturated rings. The van der Waals surface area contributed by atoms with Crippen LogP contribution in [0.5, 0.6) is 0 Å². The number of fused-ring (bicyclic) bond motifs is 10. The average Bonchev–Trinajstić information content (AvgIpc) is 3.99. The molecule has 0 N–H and O–H groups in total. The maximum Gasteiger partial charge on any atom is 0.0716 e. The third kappa shape index (κ3) is 5.24. The Balaban J connectivity index is 1.08. The van der Waals surface area contributed by atoms with Gasteiger partial charge in [0.1, 0.15) is 0 Å². The Hall–Kier alpha value is -8.00. The Bertz CT molecular complexity index is 3510. The Morgan fingerprint density at radius 3 is 1.71 bits per heavy atom. The largest absolute Gasteiger partial charge is 0.309 e. The molecular formula is C62H41N. The molecule has 0 saturated heterocycles. The Morgan fingerprint density at radius 2 is 0.937 bits per heavy atom. The zero-order valence-electron chi connectivity index (χ0n) is 34.6. The van der Waals surface area contributed by atoms with Gasteiger partial charge >= 0.3 is 0 Å². The van der Waals surface area contributed by atoms with Crippen molar-refractivity contribution in [3.05, 3.63) is 282 Å². The molecule has 1 nitrogen and oxygen atoms in total. The van der Waals surface area contributed by atoms with Gasteiger partial charge in [-0.1, -0.05) is 206 Å². The number of para-hydroxylation sites is 2. The first kappa shape index (κ1) is 35.7. The zero-order valence-corrected chi connectivity index (χ0v) is 34.6. The van der Waals surface area contributed by atoms with Gasteiger partial charge in [0.2, 0.25) is 0 Å². The van der Waals surface area contributed by atoms with E-state index in [1.165, 1.54) is 111 Å². The van der Waals surface area contributed by atoms with E-state index < -0.39 is 5.41 Å². The number of benzene rings is 10. The second kappa shape index (κ2) is 14.0. The highest BCUT2D eigenvalue weighted by Gasteiger charge is 2.50. The van der Waals surface area contributed by atoms with E-state index >= 15 is 0 Å². The van der Waals surface area contributed by atoms with E-state index in [9.17, 15) is 0 Å². The number of aromatic nitrogens is 1. The van der Waals surface area contributed by atoms with Crippen molar-refractivity contribution >= 4 is 21.8 Å². The van der Waals surface area contributed by atoms with Crippen LogP contribution in [0.1, 0.15) is 44.9 Å². The normalized spacial score (nSPS) is 14.3. The maximum absolute atomic E-state index is 2.48. The van der Waals surface area contributed by atoms with Crippen LogP contribution < -0.4 is 0 Å². The monoisotopic (exact) mass is 799 g/mol. The van der Waals surface area contributed by atoms with Crippen LogP contribution in [-0.4, -0.2) is 4.57 Å². The highest BCUT2D eigenvalue weighted by molar-refractivity contribution is 6.10. The molecule has 2 aliphatic rings. The van der Waals surface area contributed by atoms with E-state index in [4.69, 9.17) is 0 Å². The molecular weight excluding hydrogens is 759 g/mol. The molecule has 2 aliphatic carbocycles. The molecule has 1 aromatic heterocycles. The molecule has 1 atom stereocenters. The van der Waals surface area contributed by atoms with Gasteiger partial charge in [0.15, 0.2) is 0 Å². The van der Waals surface area contributed by atoms with Crippen LogP contribution >= 0.6 is 0 Å². The fourth-order valence-corrected chi connectivity index (χ4v) is 11.4. The van der Waals surface area contributed by atoms with Crippen molar-refractivity contribution < 1.29 is 0 Å². The lowest BCUT2D eigenvalue weighted by Gasteiger charge is -2.36. The van der Waals surface area contributed by atoms with Crippen molar-refractivity contribution in [1.82, 2.24) is 4.57 Å². The van der Waals surface area contributed by atoms with Gasteiger partial charge in [0, 0.05) is 22.4 Å². The summed E-state index contributed by atoms with van der Waals surface area (Å²) in [6, 6.07) is 90.4. The molecule has 0 saturated carbocycles. The SMILES string of the molecule is c1ccc(-c2cccc(C3c4ccc(-c5ccc6c(c5)c5ccccc5n6-c5ccccc5)cc4-c4ccc5c(c43)C(c3ccccc3)(c3ccccc3)c3ccccc3-5)c2)cc1. The van der Waals surface area contributed by atoms with Crippen molar-refractivity contribution in [3.63, 3.8) is 0 Å². The van der Waals surface area contributed by atoms with Gasteiger partial charge in [-0.3, -0.25) is 0 Å². The van der Waals surface area contributed by atoms with Crippen LogP contribution in [-0.2, 0) is 5.41 Å². The predicted octanol–water partition coefficient (Wildman–Crippen LogP) is 15.6. The second-order valence-corrected chi connectivity index (χ2v) is 17.1. The summed E-state index contributed by atoms with van der Waals surface area (Å²) < 4.78 is 2.39. The molecule has 1 heteroatoms. The summed E-state index contributed by atoms with van der Waals surface area (Å²) in [7, 11) is 0. The van der Waals surface area contributed by atoms with Crippen LogP contribution in [0.3, 0.4) is 0 Å². The Labute approximate surface area is 367 Å². The Morgan fingerprint density at radius 1 is 0.349 bits per heavy atom. The first-order valence-corrected chi connectivity index (χ1v) is 22.0. The lowest BCUT2D eigenvalue weighted by molar-refractivity contribution is 0.752. The molecule has 13 rings (SSSR count). The topological polar surface area (TPSA) is 4.93 Å². The zero-order chi connectivity index (χ0) is 41.5. The summed E-state index contributed by atoms with van der Waals surface area (Å²) >= 11 is 0. The van der Waals surface area contributed by atoms with Crippen molar-refractivity contribution in [1.29, 1.82) is 0 Å². The summed E-state index contributed by atoms with van der Waals surface area (Å²) in [6.45, 7) is 0. The summed E-state index contributed by atoms with van der Waals surface area (Å²) in [5.41, 5.74) is 22.5.